The first-order chi connectivity index (χ1) is 15.1. The van der Waals surface area contributed by atoms with Crippen LogP contribution in [0.5, 0.6) is 0 Å². The molecule has 162 valence electrons. The van der Waals surface area contributed by atoms with Crippen LogP contribution < -0.4 is 10.2 Å². The van der Waals surface area contributed by atoms with Crippen molar-refractivity contribution in [1.29, 1.82) is 0 Å². The van der Waals surface area contributed by atoms with Gasteiger partial charge < -0.3 is 15.1 Å². The zero-order valence-corrected chi connectivity index (χ0v) is 18.5. The van der Waals surface area contributed by atoms with Gasteiger partial charge in [-0.1, -0.05) is 41.7 Å². The number of amides is 2. The normalized spacial score (nSPS) is 15.5. The minimum absolute atomic E-state index is 0.0373. The molecule has 3 aromatic rings. The predicted octanol–water partition coefficient (Wildman–Crippen LogP) is 3.39. The molecule has 31 heavy (non-hydrogen) atoms. The maximum atomic E-state index is 12.7. The lowest BCUT2D eigenvalue weighted by Gasteiger charge is -2.22. The number of rotatable bonds is 6. The number of nitrogens with zero attached hydrogens (tertiary/aromatic N) is 4. The Hall–Kier alpha value is -3.00. The Labute approximate surface area is 186 Å². The van der Waals surface area contributed by atoms with Crippen molar-refractivity contribution < 1.29 is 9.59 Å². The molecule has 1 saturated heterocycles. The second kappa shape index (κ2) is 9.87. The lowest BCUT2D eigenvalue weighted by Crippen LogP contribution is -2.36. The third kappa shape index (κ3) is 5.38. The molecule has 0 aliphatic carbocycles. The molecule has 0 radical (unpaired) electrons. The van der Waals surface area contributed by atoms with Crippen molar-refractivity contribution >= 4 is 38.6 Å². The molecule has 2 amide bonds. The molecule has 0 bridgehead atoms. The molecule has 1 N–H and O–H groups in total. The highest BCUT2D eigenvalue weighted by atomic mass is 32.1. The van der Waals surface area contributed by atoms with E-state index in [0.29, 0.717) is 13.1 Å². The summed E-state index contributed by atoms with van der Waals surface area (Å²) in [5.41, 5.74) is 1.97. The molecule has 1 fully saturated rings. The second-order valence-electron chi connectivity index (χ2n) is 7.75. The van der Waals surface area contributed by atoms with Gasteiger partial charge in [0.15, 0.2) is 5.13 Å². The van der Waals surface area contributed by atoms with Crippen molar-refractivity contribution in [2.45, 2.75) is 32.2 Å². The summed E-state index contributed by atoms with van der Waals surface area (Å²) in [5, 5.41) is 3.93. The first kappa shape index (κ1) is 21.2. The smallest absolute Gasteiger partial charge is 0.223 e. The summed E-state index contributed by atoms with van der Waals surface area (Å²) in [4.78, 5) is 39.1. The highest BCUT2D eigenvalue weighted by Crippen LogP contribution is 2.27. The maximum Gasteiger partial charge on any atom is 0.223 e. The molecular weight excluding hydrogens is 410 g/mol. The molecule has 1 aromatic carbocycles. The molecule has 8 heteroatoms. The Morgan fingerprint density at radius 1 is 1.06 bits per heavy atom. The monoisotopic (exact) mass is 437 g/mol. The summed E-state index contributed by atoms with van der Waals surface area (Å²) in [6.07, 6.45) is 3.11. The molecule has 0 saturated carbocycles. The molecule has 1 atom stereocenters. The minimum atomic E-state index is -0.0943. The third-order valence-corrected chi connectivity index (χ3v) is 6.56. The summed E-state index contributed by atoms with van der Waals surface area (Å²) in [7, 11) is 0. The number of carbonyl (C=O) groups excluding carboxylic acids is 2. The van der Waals surface area contributed by atoms with E-state index in [-0.39, 0.29) is 30.7 Å². The summed E-state index contributed by atoms with van der Waals surface area (Å²) in [5.74, 6) is -0.0570. The predicted molar refractivity (Wildman–Crippen MR) is 123 cm³/mol. The van der Waals surface area contributed by atoms with Gasteiger partial charge in [0.1, 0.15) is 10.3 Å². The Morgan fingerprint density at radius 3 is 2.71 bits per heavy atom. The quantitative estimate of drug-likeness (QED) is 0.640. The van der Waals surface area contributed by atoms with Crippen molar-refractivity contribution in [3.63, 3.8) is 0 Å². The van der Waals surface area contributed by atoms with Gasteiger partial charge in [-0.25, -0.2) is 9.97 Å². The van der Waals surface area contributed by atoms with Gasteiger partial charge in [-0.05, 0) is 31.0 Å². The number of fused-ring (bicyclic) bond motifs is 1. The van der Waals surface area contributed by atoms with Crippen LogP contribution in [0.3, 0.4) is 0 Å². The van der Waals surface area contributed by atoms with Gasteiger partial charge in [0.25, 0.3) is 0 Å². The average molecular weight is 438 g/mol. The number of pyridine rings is 1. The van der Waals surface area contributed by atoms with E-state index in [1.165, 1.54) is 0 Å². The van der Waals surface area contributed by atoms with Crippen molar-refractivity contribution in [2.24, 2.45) is 0 Å². The standard InChI is InChI=1S/C23H27N5O2S/c1-17(18-7-3-2-4-8-18)25-20(29)10-11-21(30)27-13-6-14-28(16-15-27)23-26-19-9-5-12-24-22(19)31-23/h2-5,7-9,12,17H,6,10-11,13-16H2,1H3,(H,25,29)/t17-/m0/s1. The fourth-order valence-corrected chi connectivity index (χ4v) is 4.73. The molecule has 3 heterocycles. The summed E-state index contributed by atoms with van der Waals surface area (Å²) < 4.78 is 0. The highest BCUT2D eigenvalue weighted by Gasteiger charge is 2.22. The van der Waals surface area contributed by atoms with Crippen LogP contribution in [-0.2, 0) is 9.59 Å². The molecule has 0 unspecified atom stereocenters. The second-order valence-corrected chi connectivity index (χ2v) is 8.70. The van der Waals surface area contributed by atoms with Crippen LogP contribution in [-0.4, -0.2) is 52.9 Å². The summed E-state index contributed by atoms with van der Waals surface area (Å²) >= 11 is 1.59. The van der Waals surface area contributed by atoms with Crippen LogP contribution in [0.1, 0.15) is 37.8 Å². The zero-order valence-electron chi connectivity index (χ0n) is 17.7. The number of carbonyl (C=O) groups is 2. The summed E-state index contributed by atoms with van der Waals surface area (Å²) in [6.45, 7) is 4.90. The number of benzene rings is 1. The highest BCUT2D eigenvalue weighted by molar-refractivity contribution is 7.21. The van der Waals surface area contributed by atoms with Crippen LogP contribution in [0.2, 0.25) is 0 Å². The number of nitrogens with one attached hydrogen (secondary N) is 1. The van der Waals surface area contributed by atoms with E-state index >= 15 is 0 Å². The first-order valence-electron chi connectivity index (χ1n) is 10.7. The largest absolute Gasteiger partial charge is 0.350 e. The van der Waals surface area contributed by atoms with Gasteiger partial charge >= 0.3 is 0 Å². The zero-order chi connectivity index (χ0) is 21.6. The van der Waals surface area contributed by atoms with Gasteiger partial charge in [0.05, 0.1) is 6.04 Å². The van der Waals surface area contributed by atoms with Crippen molar-refractivity contribution in [1.82, 2.24) is 20.2 Å². The van der Waals surface area contributed by atoms with Crippen molar-refractivity contribution in [3.05, 3.63) is 54.2 Å². The first-order valence-corrected chi connectivity index (χ1v) is 11.5. The van der Waals surface area contributed by atoms with E-state index in [0.717, 1.165) is 40.6 Å². The van der Waals surface area contributed by atoms with E-state index < -0.39 is 0 Å². The van der Waals surface area contributed by atoms with Gasteiger partial charge in [-0.15, -0.1) is 0 Å². The summed E-state index contributed by atoms with van der Waals surface area (Å²) in [6, 6.07) is 13.6. The van der Waals surface area contributed by atoms with E-state index in [1.54, 1.807) is 17.5 Å². The van der Waals surface area contributed by atoms with Crippen LogP contribution in [0.25, 0.3) is 10.3 Å². The third-order valence-electron chi connectivity index (χ3n) is 5.52. The van der Waals surface area contributed by atoms with Gasteiger partial charge in [-0.3, -0.25) is 9.59 Å². The minimum Gasteiger partial charge on any atom is -0.350 e. The van der Waals surface area contributed by atoms with E-state index in [2.05, 4.69) is 20.2 Å². The molecule has 1 aliphatic heterocycles. The fourth-order valence-electron chi connectivity index (χ4n) is 3.77. The SMILES string of the molecule is C[C@H](NC(=O)CCC(=O)N1CCCN(c2nc3cccnc3s2)CC1)c1ccccc1. The van der Waals surface area contributed by atoms with Crippen molar-refractivity contribution in [3.8, 4) is 0 Å². The van der Waals surface area contributed by atoms with Crippen molar-refractivity contribution in [2.75, 3.05) is 31.1 Å². The topological polar surface area (TPSA) is 78.4 Å². The van der Waals surface area contributed by atoms with Gasteiger partial charge in [0.2, 0.25) is 11.8 Å². The van der Waals surface area contributed by atoms with Crippen LogP contribution in [0.4, 0.5) is 5.13 Å². The Kier molecular flexibility index (Phi) is 6.76. The Balaban J connectivity index is 1.26. The van der Waals surface area contributed by atoms with E-state index in [9.17, 15) is 9.59 Å². The molecule has 0 spiro atoms. The molecule has 7 nitrogen and oxygen atoms in total. The van der Waals surface area contributed by atoms with Crippen LogP contribution >= 0.6 is 11.3 Å². The van der Waals surface area contributed by atoms with E-state index in [1.807, 2.05) is 54.3 Å². The Bertz CT molecular complexity index is 1010. The van der Waals surface area contributed by atoms with Crippen LogP contribution in [0, 0.1) is 0 Å². The lowest BCUT2D eigenvalue weighted by atomic mass is 10.1. The average Bonchev–Trinajstić information content (AvgIpc) is 3.07. The van der Waals surface area contributed by atoms with Gasteiger partial charge in [-0.2, -0.15) is 0 Å². The van der Waals surface area contributed by atoms with E-state index in [4.69, 9.17) is 0 Å². The number of hydrogen-bond acceptors (Lipinski definition) is 6. The number of hydrogen-bond donors (Lipinski definition) is 1. The number of aromatic nitrogens is 2. The molecular formula is C23H27N5O2S. The van der Waals surface area contributed by atoms with Crippen LogP contribution in [0.15, 0.2) is 48.7 Å². The van der Waals surface area contributed by atoms with Gasteiger partial charge in [0, 0.05) is 45.2 Å². The maximum absolute atomic E-state index is 12.7. The fraction of sp³-hybridized carbons (Fsp3) is 0.391. The number of thiazole rings is 1. The lowest BCUT2D eigenvalue weighted by molar-refractivity contribution is -0.133. The molecule has 4 rings (SSSR count). The Morgan fingerprint density at radius 2 is 1.90 bits per heavy atom. The molecule has 1 aliphatic rings. The number of anilines is 1. The molecule has 2 aromatic heterocycles.